The number of hydrogen-bond donors (Lipinski definition) is 0. The SMILES string of the molecule is O=C(c1ccccc1)c1c(C(=O)c2ccccc2)c2ccccc2n(Cc2ccccc2)c1=O. The summed E-state index contributed by atoms with van der Waals surface area (Å²) in [6, 6.07) is 34.2. The maximum Gasteiger partial charge on any atom is 0.263 e. The number of nitrogens with zero attached hydrogens (tertiary/aromatic N) is 1. The van der Waals surface area contributed by atoms with Gasteiger partial charge in [0.05, 0.1) is 17.6 Å². The highest BCUT2D eigenvalue weighted by Crippen LogP contribution is 2.26. The Morgan fingerprint density at radius 1 is 0.559 bits per heavy atom. The summed E-state index contributed by atoms with van der Waals surface area (Å²) < 4.78 is 1.59. The molecule has 0 fully saturated rings. The fourth-order valence-corrected chi connectivity index (χ4v) is 4.24. The number of carbonyl (C=O) groups is 2. The molecule has 0 saturated carbocycles. The molecule has 0 spiro atoms. The minimum atomic E-state index is -0.476. The van der Waals surface area contributed by atoms with Crippen LogP contribution in [-0.2, 0) is 6.54 Å². The number of rotatable bonds is 6. The van der Waals surface area contributed by atoms with Gasteiger partial charge < -0.3 is 4.57 Å². The van der Waals surface area contributed by atoms with Crippen LogP contribution < -0.4 is 5.56 Å². The summed E-state index contributed by atoms with van der Waals surface area (Å²) in [5, 5.41) is 0.575. The van der Waals surface area contributed by atoms with Crippen LogP contribution in [0.25, 0.3) is 10.9 Å². The van der Waals surface area contributed by atoms with Gasteiger partial charge in [-0.3, -0.25) is 14.4 Å². The first-order valence-corrected chi connectivity index (χ1v) is 11.0. The molecule has 1 heterocycles. The smallest absolute Gasteiger partial charge is 0.263 e. The van der Waals surface area contributed by atoms with Gasteiger partial charge in [0.2, 0.25) is 0 Å². The van der Waals surface area contributed by atoms with E-state index in [-0.39, 0.29) is 23.5 Å². The standard InChI is InChI=1S/C30H21NO3/c32-28(22-14-6-2-7-15-22)26-24-18-10-11-19-25(24)31(20-21-12-4-1-5-13-21)30(34)27(26)29(33)23-16-8-3-9-17-23/h1-19H,20H2. The zero-order valence-corrected chi connectivity index (χ0v) is 18.3. The molecule has 4 heteroatoms. The monoisotopic (exact) mass is 443 g/mol. The zero-order valence-electron chi connectivity index (χ0n) is 18.3. The molecule has 5 aromatic rings. The third-order valence-corrected chi connectivity index (χ3v) is 5.88. The fraction of sp³-hybridized carbons (Fsp3) is 0.0333. The lowest BCUT2D eigenvalue weighted by atomic mass is 9.91. The first-order valence-electron chi connectivity index (χ1n) is 11.0. The van der Waals surface area contributed by atoms with Crippen LogP contribution in [0.5, 0.6) is 0 Å². The predicted molar refractivity (Wildman–Crippen MR) is 134 cm³/mol. The van der Waals surface area contributed by atoms with E-state index in [1.54, 1.807) is 65.2 Å². The summed E-state index contributed by atoms with van der Waals surface area (Å²) in [6.45, 7) is 0.287. The van der Waals surface area contributed by atoms with Gasteiger partial charge >= 0.3 is 0 Å². The van der Waals surface area contributed by atoms with Crippen molar-refractivity contribution in [1.82, 2.24) is 4.57 Å². The average Bonchev–Trinajstić information content (AvgIpc) is 2.91. The molecule has 0 radical (unpaired) electrons. The van der Waals surface area contributed by atoms with Crippen molar-refractivity contribution >= 4 is 22.5 Å². The maximum atomic E-state index is 13.9. The Bertz CT molecular complexity index is 1550. The first kappa shape index (κ1) is 21.3. The molecule has 5 rings (SSSR count). The van der Waals surface area contributed by atoms with Crippen LogP contribution in [-0.4, -0.2) is 16.1 Å². The van der Waals surface area contributed by atoms with E-state index < -0.39 is 11.3 Å². The van der Waals surface area contributed by atoms with E-state index in [0.717, 1.165) is 5.56 Å². The van der Waals surface area contributed by atoms with Crippen molar-refractivity contribution in [2.24, 2.45) is 0 Å². The van der Waals surface area contributed by atoms with E-state index in [1.165, 1.54) is 0 Å². The Labute approximate surface area is 196 Å². The lowest BCUT2D eigenvalue weighted by Gasteiger charge is -2.17. The second-order valence-corrected chi connectivity index (χ2v) is 8.03. The van der Waals surface area contributed by atoms with Gasteiger partial charge in [-0.2, -0.15) is 0 Å². The van der Waals surface area contributed by atoms with Crippen LogP contribution in [0.3, 0.4) is 0 Å². The van der Waals surface area contributed by atoms with Crippen molar-refractivity contribution in [1.29, 1.82) is 0 Å². The van der Waals surface area contributed by atoms with Crippen LogP contribution in [0.1, 0.15) is 37.4 Å². The number of para-hydroxylation sites is 1. The van der Waals surface area contributed by atoms with Crippen LogP contribution in [0, 0.1) is 0 Å². The Kier molecular flexibility index (Phi) is 5.71. The second-order valence-electron chi connectivity index (χ2n) is 8.03. The Balaban J connectivity index is 1.84. The Morgan fingerprint density at radius 3 is 1.62 bits per heavy atom. The molecule has 34 heavy (non-hydrogen) atoms. The van der Waals surface area contributed by atoms with Crippen molar-refractivity contribution in [2.45, 2.75) is 6.54 Å². The van der Waals surface area contributed by atoms with E-state index in [1.807, 2.05) is 54.6 Å². The molecule has 1 aromatic heterocycles. The topological polar surface area (TPSA) is 56.1 Å². The second kappa shape index (κ2) is 9.12. The molecular weight excluding hydrogens is 422 g/mol. The molecule has 0 unspecified atom stereocenters. The third-order valence-electron chi connectivity index (χ3n) is 5.88. The third kappa shape index (κ3) is 3.86. The molecule has 0 aliphatic heterocycles. The van der Waals surface area contributed by atoms with E-state index in [9.17, 15) is 14.4 Å². The van der Waals surface area contributed by atoms with Gasteiger partial charge in [-0.25, -0.2) is 0 Å². The molecule has 0 aliphatic carbocycles. The molecule has 0 saturated heterocycles. The molecule has 4 nitrogen and oxygen atoms in total. The largest absolute Gasteiger partial charge is 0.303 e. The van der Waals surface area contributed by atoms with Gasteiger partial charge in [-0.1, -0.05) is 109 Å². The molecule has 164 valence electrons. The summed E-state index contributed by atoms with van der Waals surface area (Å²) in [6.07, 6.45) is 0. The van der Waals surface area contributed by atoms with Gasteiger partial charge in [0.25, 0.3) is 5.56 Å². The highest BCUT2D eigenvalue weighted by Gasteiger charge is 2.27. The Hall–Kier alpha value is -4.57. The van der Waals surface area contributed by atoms with Crippen molar-refractivity contribution < 1.29 is 9.59 Å². The van der Waals surface area contributed by atoms with Gasteiger partial charge in [-0.15, -0.1) is 0 Å². The minimum Gasteiger partial charge on any atom is -0.303 e. The Morgan fingerprint density at radius 2 is 1.03 bits per heavy atom. The fourth-order valence-electron chi connectivity index (χ4n) is 4.24. The highest BCUT2D eigenvalue weighted by molar-refractivity contribution is 6.24. The van der Waals surface area contributed by atoms with E-state index in [4.69, 9.17) is 0 Å². The van der Waals surface area contributed by atoms with Gasteiger partial charge in [0.1, 0.15) is 0 Å². The van der Waals surface area contributed by atoms with E-state index in [0.29, 0.717) is 22.0 Å². The molecular formula is C30H21NO3. The molecule has 0 N–H and O–H groups in total. The normalized spacial score (nSPS) is 10.8. The van der Waals surface area contributed by atoms with Crippen molar-refractivity contribution in [3.05, 3.63) is 153 Å². The van der Waals surface area contributed by atoms with Crippen LogP contribution >= 0.6 is 0 Å². The molecule has 0 amide bonds. The lowest BCUT2D eigenvalue weighted by Crippen LogP contribution is -2.31. The summed E-state index contributed by atoms with van der Waals surface area (Å²) in [4.78, 5) is 41.4. The van der Waals surface area contributed by atoms with E-state index in [2.05, 4.69) is 0 Å². The maximum absolute atomic E-state index is 13.9. The first-order chi connectivity index (χ1) is 16.6. The quantitative estimate of drug-likeness (QED) is 0.325. The number of benzene rings is 4. The summed E-state index contributed by atoms with van der Waals surface area (Å²) >= 11 is 0. The van der Waals surface area contributed by atoms with Gasteiger partial charge in [0, 0.05) is 22.1 Å². The van der Waals surface area contributed by atoms with Crippen LogP contribution in [0.15, 0.2) is 120 Å². The molecule has 0 bridgehead atoms. The molecule has 4 aromatic carbocycles. The summed E-state index contributed by atoms with van der Waals surface area (Å²) in [5.74, 6) is -0.808. The number of hydrogen-bond acceptors (Lipinski definition) is 3. The summed E-state index contributed by atoms with van der Waals surface area (Å²) in [7, 11) is 0. The highest BCUT2D eigenvalue weighted by atomic mass is 16.2. The van der Waals surface area contributed by atoms with Crippen molar-refractivity contribution in [3.63, 3.8) is 0 Å². The van der Waals surface area contributed by atoms with E-state index >= 15 is 0 Å². The number of pyridine rings is 1. The number of carbonyl (C=O) groups excluding carboxylic acids is 2. The average molecular weight is 444 g/mol. The summed E-state index contributed by atoms with van der Waals surface area (Å²) in [5.41, 5.74) is 1.89. The number of ketones is 2. The van der Waals surface area contributed by atoms with Gasteiger partial charge in [-0.05, 0) is 11.6 Å². The molecule has 0 atom stereocenters. The van der Waals surface area contributed by atoms with Crippen LogP contribution in [0.4, 0.5) is 0 Å². The van der Waals surface area contributed by atoms with Crippen molar-refractivity contribution in [2.75, 3.05) is 0 Å². The number of aromatic nitrogens is 1. The lowest BCUT2D eigenvalue weighted by molar-refractivity contribution is 0.100. The molecule has 0 aliphatic rings. The predicted octanol–water partition coefficient (Wildman–Crippen LogP) is 5.51. The zero-order chi connectivity index (χ0) is 23.5. The van der Waals surface area contributed by atoms with Crippen LogP contribution in [0.2, 0.25) is 0 Å². The van der Waals surface area contributed by atoms with Gasteiger partial charge in [0.15, 0.2) is 11.6 Å². The van der Waals surface area contributed by atoms with Crippen molar-refractivity contribution in [3.8, 4) is 0 Å². The number of fused-ring (bicyclic) bond motifs is 1. The minimum absolute atomic E-state index is 0.102.